The van der Waals surface area contributed by atoms with E-state index in [1.54, 1.807) is 7.11 Å². The van der Waals surface area contributed by atoms with E-state index in [0.29, 0.717) is 24.8 Å². The highest BCUT2D eigenvalue weighted by molar-refractivity contribution is 5.71. The van der Waals surface area contributed by atoms with Gasteiger partial charge in [0.15, 0.2) is 11.5 Å². The number of carboxylic acid groups (broad SMARTS) is 1. The third-order valence-electron chi connectivity index (χ3n) is 4.35. The summed E-state index contributed by atoms with van der Waals surface area (Å²) in [5.41, 5.74) is 0. The van der Waals surface area contributed by atoms with Crippen LogP contribution in [0.1, 0.15) is 13.8 Å². The zero-order valence-corrected chi connectivity index (χ0v) is 13.5. The molecule has 0 spiro atoms. The van der Waals surface area contributed by atoms with Gasteiger partial charge in [-0.25, -0.2) is 0 Å². The molecule has 22 heavy (non-hydrogen) atoms. The molecule has 0 amide bonds. The topological polar surface area (TPSA) is 59.0 Å². The molecule has 1 aliphatic heterocycles. The SMILES string of the molecule is COc1ccccc1OCCN1C[C@@H](C(=O)O)[C@H](C(C)C)C1. The predicted molar refractivity (Wildman–Crippen MR) is 84.4 cm³/mol. The molecule has 1 aromatic carbocycles. The quantitative estimate of drug-likeness (QED) is 0.838. The number of carboxylic acids is 1. The normalized spacial score (nSPS) is 22.0. The maximum absolute atomic E-state index is 11.4. The van der Waals surface area contributed by atoms with E-state index < -0.39 is 5.97 Å². The maximum Gasteiger partial charge on any atom is 0.308 e. The predicted octanol–water partition coefficient (Wildman–Crippen LogP) is 2.36. The lowest BCUT2D eigenvalue weighted by Crippen LogP contribution is -2.27. The van der Waals surface area contributed by atoms with Gasteiger partial charge in [-0.15, -0.1) is 0 Å². The first-order valence-electron chi connectivity index (χ1n) is 7.74. The first-order valence-corrected chi connectivity index (χ1v) is 7.74. The minimum atomic E-state index is -0.688. The lowest BCUT2D eigenvalue weighted by atomic mass is 9.86. The molecule has 0 bridgehead atoms. The van der Waals surface area contributed by atoms with Crippen molar-refractivity contribution in [2.24, 2.45) is 17.8 Å². The molecule has 2 atom stereocenters. The molecule has 0 unspecified atom stereocenters. The zero-order valence-electron chi connectivity index (χ0n) is 13.5. The molecule has 1 aliphatic rings. The molecule has 122 valence electrons. The third-order valence-corrected chi connectivity index (χ3v) is 4.35. The van der Waals surface area contributed by atoms with Crippen LogP contribution in [-0.4, -0.2) is 49.3 Å². The first-order chi connectivity index (χ1) is 10.5. The molecule has 1 aromatic rings. The average molecular weight is 307 g/mol. The Balaban J connectivity index is 1.86. The fraction of sp³-hybridized carbons (Fsp3) is 0.588. The van der Waals surface area contributed by atoms with Gasteiger partial charge >= 0.3 is 5.97 Å². The van der Waals surface area contributed by atoms with Crippen LogP contribution >= 0.6 is 0 Å². The van der Waals surface area contributed by atoms with Crippen LogP contribution in [-0.2, 0) is 4.79 Å². The van der Waals surface area contributed by atoms with Crippen LogP contribution in [0.5, 0.6) is 11.5 Å². The van der Waals surface area contributed by atoms with E-state index in [2.05, 4.69) is 18.7 Å². The van der Waals surface area contributed by atoms with Crippen molar-refractivity contribution in [1.29, 1.82) is 0 Å². The third kappa shape index (κ3) is 3.91. The van der Waals surface area contributed by atoms with Crippen molar-refractivity contribution < 1.29 is 19.4 Å². The Hall–Kier alpha value is -1.75. The summed E-state index contributed by atoms with van der Waals surface area (Å²) in [6, 6.07) is 7.54. The lowest BCUT2D eigenvalue weighted by Gasteiger charge is -2.19. The number of carbonyl (C=O) groups is 1. The number of methoxy groups -OCH3 is 1. The van der Waals surface area contributed by atoms with E-state index in [1.807, 2.05) is 24.3 Å². The fourth-order valence-electron chi connectivity index (χ4n) is 3.06. The van der Waals surface area contributed by atoms with Crippen molar-refractivity contribution in [2.75, 3.05) is 33.4 Å². The molecule has 0 aliphatic carbocycles. The average Bonchev–Trinajstić information content (AvgIpc) is 2.92. The Bertz CT molecular complexity index is 503. The van der Waals surface area contributed by atoms with Gasteiger partial charge in [0, 0.05) is 19.6 Å². The summed E-state index contributed by atoms with van der Waals surface area (Å²) >= 11 is 0. The summed E-state index contributed by atoms with van der Waals surface area (Å²) in [5.74, 6) is 1.06. The van der Waals surface area contributed by atoms with Crippen LogP contribution in [0.2, 0.25) is 0 Å². The summed E-state index contributed by atoms with van der Waals surface area (Å²) in [5, 5.41) is 9.35. The van der Waals surface area contributed by atoms with Crippen molar-refractivity contribution in [3.05, 3.63) is 24.3 Å². The number of hydrogen-bond acceptors (Lipinski definition) is 4. The second kappa shape index (κ2) is 7.49. The Morgan fingerprint density at radius 2 is 2.00 bits per heavy atom. The van der Waals surface area contributed by atoms with Crippen LogP contribution in [0.3, 0.4) is 0 Å². The van der Waals surface area contributed by atoms with Crippen molar-refractivity contribution >= 4 is 5.97 Å². The summed E-state index contributed by atoms with van der Waals surface area (Å²) in [7, 11) is 1.62. The second-order valence-corrected chi connectivity index (χ2v) is 6.11. The minimum Gasteiger partial charge on any atom is -0.493 e. The number of para-hydroxylation sites is 2. The Morgan fingerprint density at radius 1 is 1.32 bits per heavy atom. The molecular weight excluding hydrogens is 282 g/mol. The zero-order chi connectivity index (χ0) is 16.1. The van der Waals surface area contributed by atoms with Crippen LogP contribution < -0.4 is 9.47 Å². The van der Waals surface area contributed by atoms with Gasteiger partial charge < -0.3 is 14.6 Å². The van der Waals surface area contributed by atoms with Crippen LogP contribution in [0.15, 0.2) is 24.3 Å². The van der Waals surface area contributed by atoms with E-state index in [4.69, 9.17) is 9.47 Å². The molecule has 5 nitrogen and oxygen atoms in total. The number of ether oxygens (including phenoxy) is 2. The Labute approximate surface area is 131 Å². The molecule has 5 heteroatoms. The van der Waals surface area contributed by atoms with Gasteiger partial charge in [-0.05, 0) is 24.0 Å². The summed E-state index contributed by atoms with van der Waals surface area (Å²) in [6.45, 7) is 6.87. The fourth-order valence-corrected chi connectivity index (χ4v) is 3.06. The van der Waals surface area contributed by atoms with Crippen molar-refractivity contribution in [3.8, 4) is 11.5 Å². The monoisotopic (exact) mass is 307 g/mol. The van der Waals surface area contributed by atoms with Crippen LogP contribution in [0, 0.1) is 17.8 Å². The first kappa shape index (κ1) is 16.6. The highest BCUT2D eigenvalue weighted by Crippen LogP contribution is 2.30. The number of benzene rings is 1. The number of hydrogen-bond donors (Lipinski definition) is 1. The molecule has 1 N–H and O–H groups in total. The molecule has 0 radical (unpaired) electrons. The van der Waals surface area contributed by atoms with Gasteiger partial charge in [0.25, 0.3) is 0 Å². The summed E-state index contributed by atoms with van der Waals surface area (Å²) < 4.78 is 11.0. The van der Waals surface area contributed by atoms with Crippen molar-refractivity contribution in [3.63, 3.8) is 0 Å². The number of nitrogens with zero attached hydrogens (tertiary/aromatic N) is 1. The van der Waals surface area contributed by atoms with E-state index in [-0.39, 0.29) is 11.8 Å². The smallest absolute Gasteiger partial charge is 0.308 e. The highest BCUT2D eigenvalue weighted by Gasteiger charge is 2.38. The summed E-state index contributed by atoms with van der Waals surface area (Å²) in [4.78, 5) is 13.5. The van der Waals surface area contributed by atoms with E-state index in [9.17, 15) is 9.90 Å². The second-order valence-electron chi connectivity index (χ2n) is 6.11. The van der Waals surface area contributed by atoms with Crippen LogP contribution in [0.25, 0.3) is 0 Å². The Kier molecular flexibility index (Phi) is 5.66. The van der Waals surface area contributed by atoms with E-state index >= 15 is 0 Å². The maximum atomic E-state index is 11.4. The Morgan fingerprint density at radius 3 is 2.55 bits per heavy atom. The molecule has 0 aromatic heterocycles. The van der Waals surface area contributed by atoms with Crippen LogP contribution in [0.4, 0.5) is 0 Å². The molecule has 1 saturated heterocycles. The summed E-state index contributed by atoms with van der Waals surface area (Å²) in [6.07, 6.45) is 0. The molecule has 1 fully saturated rings. The minimum absolute atomic E-state index is 0.212. The van der Waals surface area contributed by atoms with Gasteiger partial charge in [-0.2, -0.15) is 0 Å². The molecule has 0 saturated carbocycles. The van der Waals surface area contributed by atoms with E-state index in [1.165, 1.54) is 0 Å². The van der Waals surface area contributed by atoms with Gasteiger partial charge in [-0.1, -0.05) is 26.0 Å². The van der Waals surface area contributed by atoms with E-state index in [0.717, 1.165) is 18.8 Å². The lowest BCUT2D eigenvalue weighted by molar-refractivity contribution is -0.143. The molecule has 2 rings (SSSR count). The number of aliphatic carboxylic acids is 1. The van der Waals surface area contributed by atoms with Gasteiger partial charge in [-0.3, -0.25) is 9.69 Å². The van der Waals surface area contributed by atoms with Gasteiger partial charge in [0.2, 0.25) is 0 Å². The standard InChI is InChI=1S/C17H25NO4/c1-12(2)13-10-18(11-14(13)17(19)20)8-9-22-16-7-5-4-6-15(16)21-3/h4-7,12-14H,8-11H2,1-3H3,(H,19,20)/t13-,14+/m0/s1. The van der Waals surface area contributed by atoms with Crippen molar-refractivity contribution in [2.45, 2.75) is 13.8 Å². The largest absolute Gasteiger partial charge is 0.493 e. The van der Waals surface area contributed by atoms with Gasteiger partial charge in [0.05, 0.1) is 13.0 Å². The van der Waals surface area contributed by atoms with Crippen molar-refractivity contribution in [1.82, 2.24) is 4.90 Å². The number of rotatable bonds is 7. The molecular formula is C17H25NO4. The van der Waals surface area contributed by atoms with Gasteiger partial charge in [0.1, 0.15) is 6.61 Å². The number of likely N-dealkylation sites (tertiary alicyclic amines) is 1. The highest BCUT2D eigenvalue weighted by atomic mass is 16.5. The molecule has 1 heterocycles.